The van der Waals surface area contributed by atoms with Crippen molar-refractivity contribution in [2.45, 2.75) is 31.8 Å². The Bertz CT molecular complexity index is 704. The first-order chi connectivity index (χ1) is 11.3. The molecule has 1 heterocycles. The van der Waals surface area contributed by atoms with Crippen molar-refractivity contribution in [2.75, 3.05) is 12.4 Å². The number of benzene rings is 1. The highest BCUT2D eigenvalue weighted by Gasteiger charge is 2.19. The van der Waals surface area contributed by atoms with E-state index < -0.39 is 0 Å². The number of methoxy groups -OCH3 is 1. The molecule has 3 rings (SSSR count). The molecule has 1 N–H and O–H groups in total. The second-order valence-electron chi connectivity index (χ2n) is 5.43. The number of hydrogen-bond donors (Lipinski definition) is 1. The summed E-state index contributed by atoms with van der Waals surface area (Å²) in [5.41, 5.74) is 1.61. The smallest absolute Gasteiger partial charge is 0.182 e. The average Bonchev–Trinajstić information content (AvgIpc) is 3.09. The zero-order chi connectivity index (χ0) is 16.1. The number of nitriles is 1. The number of rotatable bonds is 5. The highest BCUT2D eigenvalue weighted by atomic mass is 16.5. The van der Waals surface area contributed by atoms with Crippen LogP contribution in [0.3, 0.4) is 0 Å². The van der Waals surface area contributed by atoms with Crippen LogP contribution in [-0.2, 0) is 0 Å². The molecule has 0 bridgehead atoms. The average molecular weight is 310 g/mol. The van der Waals surface area contributed by atoms with E-state index in [-0.39, 0.29) is 6.10 Å². The van der Waals surface area contributed by atoms with E-state index in [9.17, 15) is 0 Å². The Balaban J connectivity index is 1.85. The summed E-state index contributed by atoms with van der Waals surface area (Å²) in [6.07, 6.45) is 6.67. The molecule has 0 radical (unpaired) electrons. The second kappa shape index (κ2) is 6.97. The molecule has 0 amide bonds. The third-order valence-electron chi connectivity index (χ3n) is 3.90. The van der Waals surface area contributed by atoms with E-state index in [4.69, 9.17) is 14.7 Å². The Kier molecular flexibility index (Phi) is 4.57. The number of hydrogen-bond acceptors (Lipinski definition) is 6. The van der Waals surface area contributed by atoms with Gasteiger partial charge in [0.25, 0.3) is 0 Å². The Morgan fingerprint density at radius 1 is 1.13 bits per heavy atom. The summed E-state index contributed by atoms with van der Waals surface area (Å²) in [7, 11) is 1.64. The normalized spacial score (nSPS) is 14.3. The zero-order valence-electron chi connectivity index (χ0n) is 13.0. The monoisotopic (exact) mass is 310 g/mol. The molecule has 118 valence electrons. The Morgan fingerprint density at radius 2 is 1.96 bits per heavy atom. The molecule has 0 saturated heterocycles. The predicted octanol–water partition coefficient (Wildman–Crippen LogP) is 3.37. The van der Waals surface area contributed by atoms with Gasteiger partial charge in [0, 0.05) is 5.56 Å². The number of nitrogens with one attached hydrogen (secondary N) is 1. The fourth-order valence-electron chi connectivity index (χ4n) is 2.72. The van der Waals surface area contributed by atoms with Crippen LogP contribution in [0.15, 0.2) is 30.3 Å². The minimum absolute atomic E-state index is 0.257. The first-order valence-electron chi connectivity index (χ1n) is 7.64. The van der Waals surface area contributed by atoms with Crippen molar-refractivity contribution in [2.24, 2.45) is 0 Å². The molecule has 1 saturated carbocycles. The first kappa shape index (κ1) is 15.1. The molecule has 1 fully saturated rings. The number of nitrogens with zero attached hydrogens (tertiary/aromatic N) is 3. The summed E-state index contributed by atoms with van der Waals surface area (Å²) < 4.78 is 11.5. The van der Waals surface area contributed by atoms with Crippen molar-refractivity contribution in [1.82, 2.24) is 10.2 Å². The number of ether oxygens (including phenoxy) is 2. The first-order valence-corrected chi connectivity index (χ1v) is 7.64. The largest absolute Gasteiger partial charge is 0.493 e. The van der Waals surface area contributed by atoms with E-state index in [1.807, 2.05) is 30.5 Å². The van der Waals surface area contributed by atoms with Crippen molar-refractivity contribution >= 4 is 5.82 Å². The van der Waals surface area contributed by atoms with Crippen molar-refractivity contribution in [3.8, 4) is 28.9 Å². The summed E-state index contributed by atoms with van der Waals surface area (Å²) in [5.74, 6) is 1.88. The van der Waals surface area contributed by atoms with Gasteiger partial charge in [-0.15, -0.1) is 10.2 Å². The molecule has 1 aromatic carbocycles. The lowest BCUT2D eigenvalue weighted by Crippen LogP contribution is -2.11. The predicted molar refractivity (Wildman–Crippen MR) is 86.1 cm³/mol. The van der Waals surface area contributed by atoms with Gasteiger partial charge in [-0.25, -0.2) is 0 Å². The molecule has 0 spiro atoms. The van der Waals surface area contributed by atoms with Gasteiger partial charge in [-0.1, -0.05) is 0 Å². The van der Waals surface area contributed by atoms with Crippen LogP contribution in [0.5, 0.6) is 11.5 Å². The SMILES string of the molecule is COc1ccc(-c2ccc(NC#N)nn2)cc1OC1CCCC1. The third-order valence-corrected chi connectivity index (χ3v) is 3.90. The van der Waals surface area contributed by atoms with Crippen LogP contribution in [0.25, 0.3) is 11.3 Å². The van der Waals surface area contributed by atoms with Crippen molar-refractivity contribution < 1.29 is 9.47 Å². The zero-order valence-corrected chi connectivity index (χ0v) is 13.0. The van der Waals surface area contributed by atoms with Crippen molar-refractivity contribution in [1.29, 1.82) is 5.26 Å². The van der Waals surface area contributed by atoms with Gasteiger partial charge in [0.1, 0.15) is 0 Å². The summed E-state index contributed by atoms with van der Waals surface area (Å²) in [6, 6.07) is 9.25. The maximum absolute atomic E-state index is 8.58. The molecule has 1 aromatic heterocycles. The van der Waals surface area contributed by atoms with Crippen LogP contribution in [-0.4, -0.2) is 23.4 Å². The van der Waals surface area contributed by atoms with Crippen molar-refractivity contribution in [3.05, 3.63) is 30.3 Å². The summed E-state index contributed by atoms with van der Waals surface area (Å²) >= 11 is 0. The molecule has 2 aromatic rings. The third kappa shape index (κ3) is 3.51. The van der Waals surface area contributed by atoms with E-state index in [2.05, 4.69) is 15.5 Å². The fraction of sp³-hybridized carbons (Fsp3) is 0.353. The number of aromatic nitrogens is 2. The summed E-state index contributed by atoms with van der Waals surface area (Å²) in [6.45, 7) is 0. The van der Waals surface area contributed by atoms with Crippen LogP contribution in [0, 0.1) is 11.5 Å². The maximum Gasteiger partial charge on any atom is 0.182 e. The fourth-order valence-corrected chi connectivity index (χ4v) is 2.72. The van der Waals surface area contributed by atoms with Crippen LogP contribution >= 0.6 is 0 Å². The summed E-state index contributed by atoms with van der Waals surface area (Å²) in [5, 5.41) is 19.1. The molecule has 1 aliphatic carbocycles. The molecular formula is C17H18N4O2. The van der Waals surface area contributed by atoms with Gasteiger partial charge in [0.05, 0.1) is 18.9 Å². The lowest BCUT2D eigenvalue weighted by atomic mass is 10.1. The van der Waals surface area contributed by atoms with Gasteiger partial charge in [0.2, 0.25) is 0 Å². The topological polar surface area (TPSA) is 80.1 Å². The molecule has 0 unspecified atom stereocenters. The molecule has 23 heavy (non-hydrogen) atoms. The Morgan fingerprint density at radius 3 is 2.61 bits per heavy atom. The quantitative estimate of drug-likeness (QED) is 0.673. The summed E-state index contributed by atoms with van der Waals surface area (Å²) in [4.78, 5) is 0. The Hall–Kier alpha value is -2.81. The molecule has 6 nitrogen and oxygen atoms in total. The lowest BCUT2D eigenvalue weighted by molar-refractivity contribution is 0.201. The van der Waals surface area contributed by atoms with Crippen molar-refractivity contribution in [3.63, 3.8) is 0 Å². The standard InChI is InChI=1S/C17H18N4O2/c1-22-15-8-6-12(10-16(15)23-13-4-2-3-5-13)14-7-9-17(19-11-18)21-20-14/h6-10,13H,2-5H2,1H3,(H,19,21). The van der Waals surface area contributed by atoms with Gasteiger partial charge >= 0.3 is 0 Å². The highest BCUT2D eigenvalue weighted by Crippen LogP contribution is 2.34. The maximum atomic E-state index is 8.58. The second-order valence-corrected chi connectivity index (χ2v) is 5.43. The van der Waals surface area contributed by atoms with E-state index in [1.165, 1.54) is 12.8 Å². The van der Waals surface area contributed by atoms with E-state index in [1.54, 1.807) is 13.2 Å². The molecule has 0 atom stereocenters. The lowest BCUT2D eigenvalue weighted by Gasteiger charge is -2.16. The van der Waals surface area contributed by atoms with E-state index in [0.29, 0.717) is 11.5 Å². The van der Waals surface area contributed by atoms with Gasteiger partial charge < -0.3 is 9.47 Å². The molecule has 0 aliphatic heterocycles. The van der Waals surface area contributed by atoms with Gasteiger partial charge in [-0.2, -0.15) is 5.26 Å². The molecule has 1 aliphatic rings. The highest BCUT2D eigenvalue weighted by molar-refractivity contribution is 5.64. The van der Waals surface area contributed by atoms with E-state index in [0.717, 1.165) is 29.9 Å². The minimum Gasteiger partial charge on any atom is -0.493 e. The van der Waals surface area contributed by atoms with E-state index >= 15 is 0 Å². The molecule has 6 heteroatoms. The van der Waals surface area contributed by atoms with Gasteiger partial charge in [0.15, 0.2) is 23.5 Å². The van der Waals surface area contributed by atoms with Gasteiger partial charge in [-0.05, 0) is 56.0 Å². The Labute approximate surface area is 135 Å². The van der Waals surface area contributed by atoms with Crippen LogP contribution in [0.4, 0.5) is 5.82 Å². The number of anilines is 1. The molecular weight excluding hydrogens is 292 g/mol. The minimum atomic E-state index is 0.257. The van der Waals surface area contributed by atoms with Gasteiger partial charge in [-0.3, -0.25) is 5.32 Å². The van der Waals surface area contributed by atoms with Crippen LogP contribution in [0.2, 0.25) is 0 Å². The van der Waals surface area contributed by atoms with Crippen LogP contribution < -0.4 is 14.8 Å². The van der Waals surface area contributed by atoms with Crippen LogP contribution in [0.1, 0.15) is 25.7 Å².